The van der Waals surface area contributed by atoms with Gasteiger partial charge in [0, 0.05) is 19.1 Å². The number of rotatable bonds is 6. The van der Waals surface area contributed by atoms with Crippen LogP contribution in [0.3, 0.4) is 0 Å². The highest BCUT2D eigenvalue weighted by Crippen LogP contribution is 2.47. The van der Waals surface area contributed by atoms with Crippen LogP contribution in [0.1, 0.15) is 26.2 Å². The molecule has 2 aliphatic rings. The van der Waals surface area contributed by atoms with Crippen molar-refractivity contribution in [2.24, 2.45) is 23.5 Å². The van der Waals surface area contributed by atoms with Gasteiger partial charge in [-0.05, 0) is 31.1 Å². The Bertz CT molecular complexity index is 436. The van der Waals surface area contributed by atoms with Gasteiger partial charge in [-0.3, -0.25) is 4.79 Å². The summed E-state index contributed by atoms with van der Waals surface area (Å²) in [6.07, 6.45) is 3.26. The van der Waals surface area contributed by atoms with Gasteiger partial charge in [-0.25, -0.2) is 13.1 Å². The lowest BCUT2D eigenvalue weighted by Gasteiger charge is -2.26. The van der Waals surface area contributed by atoms with E-state index >= 15 is 0 Å². The fourth-order valence-corrected chi connectivity index (χ4v) is 4.40. The SMILES string of the molecule is CCNS(=O)(=O)CCNC(=O)C1C2CCC(C2)C1N. The predicted molar refractivity (Wildman–Crippen MR) is 72.8 cm³/mol. The summed E-state index contributed by atoms with van der Waals surface area (Å²) in [7, 11) is -3.27. The largest absolute Gasteiger partial charge is 0.355 e. The molecule has 4 N–H and O–H groups in total. The van der Waals surface area contributed by atoms with Gasteiger partial charge in [0.15, 0.2) is 0 Å². The summed E-state index contributed by atoms with van der Waals surface area (Å²) in [6, 6.07) is -0.0517. The number of fused-ring (bicyclic) bond motifs is 2. The Morgan fingerprint density at radius 3 is 2.58 bits per heavy atom. The van der Waals surface area contributed by atoms with Crippen LogP contribution in [-0.4, -0.2) is 39.2 Å². The maximum absolute atomic E-state index is 12.1. The smallest absolute Gasteiger partial charge is 0.225 e. The summed E-state index contributed by atoms with van der Waals surface area (Å²) in [6.45, 7) is 2.24. The van der Waals surface area contributed by atoms with Gasteiger partial charge < -0.3 is 11.1 Å². The van der Waals surface area contributed by atoms with Crippen LogP contribution < -0.4 is 15.8 Å². The minimum atomic E-state index is -3.27. The highest BCUT2D eigenvalue weighted by atomic mass is 32.2. The van der Waals surface area contributed by atoms with Crippen LogP contribution in [0.4, 0.5) is 0 Å². The van der Waals surface area contributed by atoms with Crippen LogP contribution in [0.15, 0.2) is 0 Å². The van der Waals surface area contributed by atoms with E-state index in [4.69, 9.17) is 5.73 Å². The maximum atomic E-state index is 12.1. The Morgan fingerprint density at radius 2 is 2.00 bits per heavy atom. The van der Waals surface area contributed by atoms with E-state index in [9.17, 15) is 13.2 Å². The van der Waals surface area contributed by atoms with Crippen LogP contribution >= 0.6 is 0 Å². The monoisotopic (exact) mass is 289 g/mol. The Morgan fingerprint density at radius 1 is 1.32 bits per heavy atom. The zero-order valence-electron chi connectivity index (χ0n) is 11.3. The molecule has 4 atom stereocenters. The van der Waals surface area contributed by atoms with Gasteiger partial charge >= 0.3 is 0 Å². The standard InChI is InChI=1S/C12H23N3O3S/c1-2-15-19(17,18)6-5-14-12(16)10-8-3-4-9(7-8)11(10)13/h8-11,15H,2-7,13H2,1H3,(H,14,16). The average molecular weight is 289 g/mol. The minimum absolute atomic E-state index is 0.0517. The lowest BCUT2D eigenvalue weighted by Crippen LogP contribution is -2.46. The van der Waals surface area contributed by atoms with Gasteiger partial charge in [0.2, 0.25) is 15.9 Å². The van der Waals surface area contributed by atoms with Crippen LogP contribution in [0, 0.1) is 17.8 Å². The lowest BCUT2D eigenvalue weighted by atomic mass is 9.84. The molecule has 19 heavy (non-hydrogen) atoms. The number of carbonyl (C=O) groups excluding carboxylic acids is 1. The Labute approximate surface area is 114 Å². The highest BCUT2D eigenvalue weighted by Gasteiger charge is 2.48. The maximum Gasteiger partial charge on any atom is 0.225 e. The molecule has 2 bridgehead atoms. The van der Waals surface area contributed by atoms with Crippen molar-refractivity contribution in [2.45, 2.75) is 32.2 Å². The van der Waals surface area contributed by atoms with E-state index in [1.807, 2.05) is 0 Å². The molecule has 0 aliphatic heterocycles. The van der Waals surface area contributed by atoms with Gasteiger partial charge in [0.05, 0.1) is 11.7 Å². The molecule has 0 spiro atoms. The molecule has 0 aromatic rings. The summed E-state index contributed by atoms with van der Waals surface area (Å²) in [5.74, 6) is 0.589. The third-order valence-corrected chi connectivity index (χ3v) is 5.79. The molecule has 7 heteroatoms. The minimum Gasteiger partial charge on any atom is -0.355 e. The van der Waals surface area contributed by atoms with Crippen LogP contribution in [0.25, 0.3) is 0 Å². The van der Waals surface area contributed by atoms with E-state index in [0.717, 1.165) is 19.3 Å². The molecule has 0 aromatic heterocycles. The van der Waals surface area contributed by atoms with Crippen molar-refractivity contribution in [3.8, 4) is 0 Å². The van der Waals surface area contributed by atoms with Crippen LogP contribution in [0.2, 0.25) is 0 Å². The first-order valence-electron chi connectivity index (χ1n) is 6.95. The van der Waals surface area contributed by atoms with E-state index in [1.54, 1.807) is 6.92 Å². The molecule has 0 saturated heterocycles. The molecule has 110 valence electrons. The summed E-state index contributed by atoms with van der Waals surface area (Å²) in [5, 5.41) is 2.72. The molecule has 1 amide bonds. The summed E-state index contributed by atoms with van der Waals surface area (Å²) >= 11 is 0. The first-order valence-corrected chi connectivity index (χ1v) is 8.60. The number of amides is 1. The van der Waals surface area contributed by atoms with Crippen molar-refractivity contribution in [3.05, 3.63) is 0 Å². The van der Waals surface area contributed by atoms with E-state index in [1.165, 1.54) is 0 Å². The first-order chi connectivity index (χ1) is 8.94. The van der Waals surface area contributed by atoms with E-state index in [-0.39, 0.29) is 30.2 Å². The highest BCUT2D eigenvalue weighted by molar-refractivity contribution is 7.89. The van der Waals surface area contributed by atoms with Crippen molar-refractivity contribution in [1.29, 1.82) is 0 Å². The molecule has 2 rings (SSSR count). The van der Waals surface area contributed by atoms with Crippen molar-refractivity contribution >= 4 is 15.9 Å². The first kappa shape index (κ1) is 14.7. The van der Waals surface area contributed by atoms with Crippen molar-refractivity contribution in [1.82, 2.24) is 10.0 Å². The van der Waals surface area contributed by atoms with Gasteiger partial charge in [0.25, 0.3) is 0 Å². The number of nitrogens with two attached hydrogens (primary N) is 1. The zero-order valence-corrected chi connectivity index (χ0v) is 12.1. The second kappa shape index (κ2) is 5.76. The summed E-state index contributed by atoms with van der Waals surface area (Å²) in [5.41, 5.74) is 6.08. The Hall–Kier alpha value is -0.660. The van der Waals surface area contributed by atoms with E-state index < -0.39 is 10.0 Å². The second-order valence-corrected chi connectivity index (χ2v) is 7.47. The molecule has 0 aromatic carbocycles. The normalized spacial score (nSPS) is 33.6. The zero-order chi connectivity index (χ0) is 14.0. The van der Waals surface area contributed by atoms with E-state index in [0.29, 0.717) is 18.4 Å². The van der Waals surface area contributed by atoms with Gasteiger partial charge in [0.1, 0.15) is 0 Å². The number of nitrogens with one attached hydrogen (secondary N) is 2. The molecule has 0 heterocycles. The van der Waals surface area contributed by atoms with Gasteiger partial charge in [-0.15, -0.1) is 0 Å². The fourth-order valence-electron chi connectivity index (χ4n) is 3.44. The molecule has 6 nitrogen and oxygen atoms in total. The van der Waals surface area contributed by atoms with Crippen LogP contribution in [0.5, 0.6) is 0 Å². The third-order valence-electron chi connectivity index (χ3n) is 4.32. The van der Waals surface area contributed by atoms with Crippen molar-refractivity contribution in [3.63, 3.8) is 0 Å². The molecule has 2 saturated carbocycles. The quantitative estimate of drug-likeness (QED) is 0.608. The second-order valence-electron chi connectivity index (χ2n) is 5.54. The van der Waals surface area contributed by atoms with Crippen LogP contribution in [-0.2, 0) is 14.8 Å². The number of hydrogen-bond donors (Lipinski definition) is 3. The Balaban J connectivity index is 1.79. The Kier molecular flexibility index (Phi) is 4.47. The topological polar surface area (TPSA) is 101 Å². The molecular formula is C12H23N3O3S. The fraction of sp³-hybridized carbons (Fsp3) is 0.917. The number of hydrogen-bond acceptors (Lipinski definition) is 4. The molecular weight excluding hydrogens is 266 g/mol. The molecule has 4 unspecified atom stereocenters. The number of sulfonamides is 1. The van der Waals surface area contributed by atoms with Crippen molar-refractivity contribution in [2.75, 3.05) is 18.8 Å². The lowest BCUT2D eigenvalue weighted by molar-refractivity contribution is -0.126. The third kappa shape index (κ3) is 3.27. The summed E-state index contributed by atoms with van der Waals surface area (Å²) < 4.78 is 25.3. The molecule has 0 radical (unpaired) electrons. The van der Waals surface area contributed by atoms with Gasteiger partial charge in [-0.1, -0.05) is 6.92 Å². The molecule has 2 fully saturated rings. The van der Waals surface area contributed by atoms with Crippen molar-refractivity contribution < 1.29 is 13.2 Å². The summed E-state index contributed by atoms with van der Waals surface area (Å²) in [4.78, 5) is 12.1. The molecule has 2 aliphatic carbocycles. The van der Waals surface area contributed by atoms with Gasteiger partial charge in [-0.2, -0.15) is 0 Å². The van der Waals surface area contributed by atoms with E-state index in [2.05, 4.69) is 10.0 Å². The number of carbonyl (C=O) groups is 1. The predicted octanol–water partition coefficient (Wildman–Crippen LogP) is -0.585. The average Bonchev–Trinajstić information content (AvgIpc) is 2.88.